The number of hydrogen-bond acceptors (Lipinski definition) is 5. The van der Waals surface area contributed by atoms with E-state index in [9.17, 15) is 4.79 Å². The maximum Gasteiger partial charge on any atom is 0.414 e. The number of carbonyl (C=O) groups excluding carboxylic acids is 1. The first kappa shape index (κ1) is 13.2. The molecular weight excluding hydrogens is 375 g/mol. The summed E-state index contributed by atoms with van der Waals surface area (Å²) in [4.78, 5) is 13.4. The Morgan fingerprint density at radius 2 is 2.15 bits per heavy atom. The number of cyclic esters (lactones) is 1. The first-order valence-corrected chi connectivity index (χ1v) is 7.06. The van der Waals surface area contributed by atoms with E-state index in [1.165, 1.54) is 6.26 Å². The van der Waals surface area contributed by atoms with Crippen LogP contribution in [0.3, 0.4) is 0 Å². The van der Waals surface area contributed by atoms with Crippen molar-refractivity contribution in [2.24, 2.45) is 0 Å². The first-order chi connectivity index (χ1) is 9.74. The van der Waals surface area contributed by atoms with Gasteiger partial charge in [0.05, 0.1) is 0 Å². The van der Waals surface area contributed by atoms with E-state index in [4.69, 9.17) is 9.47 Å². The van der Waals surface area contributed by atoms with Crippen LogP contribution in [0.15, 0.2) is 41.1 Å². The van der Waals surface area contributed by atoms with Crippen molar-refractivity contribution in [3.05, 3.63) is 40.2 Å². The number of benzene rings is 1. The summed E-state index contributed by atoms with van der Waals surface area (Å²) in [5.74, 6) is 0.395. The van der Waals surface area contributed by atoms with E-state index >= 15 is 0 Å². The van der Waals surface area contributed by atoms with Crippen LogP contribution in [0.5, 0.6) is 5.88 Å². The summed E-state index contributed by atoms with van der Waals surface area (Å²) in [6, 6.07) is 9.09. The summed E-state index contributed by atoms with van der Waals surface area (Å²) < 4.78 is 16.4. The second-order valence-corrected chi connectivity index (χ2v) is 5.47. The summed E-state index contributed by atoms with van der Waals surface area (Å²) in [5.41, 5.74) is 0.793. The average Bonchev–Trinajstić information content (AvgIpc) is 3.07. The molecule has 1 atom stereocenters. The molecular formula is C13H11IN2O4. The predicted molar refractivity (Wildman–Crippen MR) is 78.8 cm³/mol. The minimum Gasteiger partial charge on any atom is -0.473 e. The third kappa shape index (κ3) is 2.72. The fourth-order valence-electron chi connectivity index (χ4n) is 1.96. The number of carbonyl (C=O) groups is 1. The summed E-state index contributed by atoms with van der Waals surface area (Å²) >= 11 is 2.22. The van der Waals surface area contributed by atoms with Crippen LogP contribution in [-0.2, 0) is 4.74 Å². The van der Waals surface area contributed by atoms with Crippen molar-refractivity contribution >= 4 is 34.4 Å². The molecule has 0 aliphatic carbocycles. The van der Waals surface area contributed by atoms with Gasteiger partial charge >= 0.3 is 6.09 Å². The van der Waals surface area contributed by atoms with Gasteiger partial charge in [-0.15, -0.1) is 0 Å². The number of ether oxygens (including phenoxy) is 2. The SMILES string of the molecule is O=C1OC[C@@H](COc2ccon2)N1c1ccc(I)cc1. The highest BCUT2D eigenvalue weighted by Gasteiger charge is 2.34. The van der Waals surface area contributed by atoms with Gasteiger partial charge in [0.25, 0.3) is 5.88 Å². The minimum absolute atomic E-state index is 0.181. The Labute approximate surface area is 128 Å². The molecule has 1 aromatic heterocycles. The Balaban J connectivity index is 1.73. The number of nitrogens with zero attached hydrogens (tertiary/aromatic N) is 2. The molecule has 0 saturated carbocycles. The van der Waals surface area contributed by atoms with Crippen LogP contribution in [0.1, 0.15) is 0 Å². The predicted octanol–water partition coefficient (Wildman–Crippen LogP) is 2.68. The lowest BCUT2D eigenvalue weighted by Crippen LogP contribution is -2.37. The zero-order valence-electron chi connectivity index (χ0n) is 10.4. The summed E-state index contributed by atoms with van der Waals surface area (Å²) in [6.45, 7) is 0.590. The van der Waals surface area contributed by atoms with Gasteiger partial charge in [-0.1, -0.05) is 0 Å². The Kier molecular flexibility index (Phi) is 3.77. The third-order valence-electron chi connectivity index (χ3n) is 2.90. The molecule has 2 aromatic rings. The molecule has 6 nitrogen and oxygen atoms in total. The smallest absolute Gasteiger partial charge is 0.414 e. The monoisotopic (exact) mass is 386 g/mol. The highest BCUT2D eigenvalue weighted by atomic mass is 127. The molecule has 3 rings (SSSR count). The Morgan fingerprint density at radius 3 is 2.85 bits per heavy atom. The molecule has 0 bridgehead atoms. The number of hydrogen-bond donors (Lipinski definition) is 0. The van der Waals surface area contributed by atoms with Crippen molar-refractivity contribution in [3.63, 3.8) is 0 Å². The van der Waals surface area contributed by atoms with Crippen LogP contribution in [0.4, 0.5) is 10.5 Å². The third-order valence-corrected chi connectivity index (χ3v) is 3.62. The molecule has 2 heterocycles. The van der Waals surface area contributed by atoms with Gasteiger partial charge in [0.2, 0.25) is 0 Å². The van der Waals surface area contributed by atoms with Gasteiger partial charge in [-0.05, 0) is 52.0 Å². The van der Waals surface area contributed by atoms with Crippen molar-refractivity contribution in [2.45, 2.75) is 6.04 Å². The average molecular weight is 386 g/mol. The topological polar surface area (TPSA) is 64.8 Å². The molecule has 104 valence electrons. The summed E-state index contributed by atoms with van der Waals surface area (Å²) in [7, 11) is 0. The molecule has 0 spiro atoms. The maximum absolute atomic E-state index is 11.8. The number of anilines is 1. The quantitative estimate of drug-likeness (QED) is 0.757. The summed E-state index contributed by atoms with van der Waals surface area (Å²) in [6.07, 6.45) is 1.07. The van der Waals surface area contributed by atoms with E-state index in [-0.39, 0.29) is 12.1 Å². The van der Waals surface area contributed by atoms with Crippen molar-refractivity contribution in [2.75, 3.05) is 18.1 Å². The highest BCUT2D eigenvalue weighted by Crippen LogP contribution is 2.24. The lowest BCUT2D eigenvalue weighted by Gasteiger charge is -2.21. The standard InChI is InChI=1S/C13H11IN2O4/c14-9-1-3-10(4-2-9)16-11(8-19-13(16)17)7-18-12-5-6-20-15-12/h1-6,11H,7-8H2/t11-/m1/s1. The number of rotatable bonds is 4. The van der Waals surface area contributed by atoms with E-state index in [1.54, 1.807) is 11.0 Å². The Morgan fingerprint density at radius 1 is 1.35 bits per heavy atom. The fourth-order valence-corrected chi connectivity index (χ4v) is 2.32. The van der Waals surface area contributed by atoms with Gasteiger partial charge < -0.3 is 14.0 Å². The van der Waals surface area contributed by atoms with E-state index in [0.717, 1.165) is 9.26 Å². The second kappa shape index (κ2) is 5.70. The van der Waals surface area contributed by atoms with Crippen LogP contribution in [0.2, 0.25) is 0 Å². The zero-order chi connectivity index (χ0) is 13.9. The van der Waals surface area contributed by atoms with Crippen LogP contribution in [-0.4, -0.2) is 30.5 Å². The van der Waals surface area contributed by atoms with Gasteiger partial charge in [-0.3, -0.25) is 4.90 Å². The van der Waals surface area contributed by atoms with Crippen molar-refractivity contribution < 1.29 is 18.8 Å². The van der Waals surface area contributed by atoms with E-state index < -0.39 is 0 Å². The lowest BCUT2D eigenvalue weighted by molar-refractivity contribution is 0.174. The number of halogens is 1. The van der Waals surface area contributed by atoms with Crippen LogP contribution < -0.4 is 9.64 Å². The van der Waals surface area contributed by atoms with Crippen molar-refractivity contribution in [1.82, 2.24) is 5.16 Å². The van der Waals surface area contributed by atoms with Crippen LogP contribution >= 0.6 is 22.6 Å². The number of aromatic nitrogens is 1. The van der Waals surface area contributed by atoms with E-state index in [2.05, 4.69) is 32.3 Å². The highest BCUT2D eigenvalue weighted by molar-refractivity contribution is 14.1. The second-order valence-electron chi connectivity index (χ2n) is 4.23. The fraction of sp³-hybridized carbons (Fsp3) is 0.231. The molecule has 1 fully saturated rings. The molecule has 1 saturated heterocycles. The van der Waals surface area contributed by atoms with Gasteiger partial charge in [0.1, 0.15) is 25.5 Å². The molecule has 1 aliphatic rings. The van der Waals surface area contributed by atoms with Crippen LogP contribution in [0, 0.1) is 3.57 Å². The molecule has 1 aromatic carbocycles. The van der Waals surface area contributed by atoms with Crippen LogP contribution in [0.25, 0.3) is 0 Å². The van der Waals surface area contributed by atoms with Gasteiger partial charge in [-0.25, -0.2) is 4.79 Å². The maximum atomic E-state index is 11.8. The largest absolute Gasteiger partial charge is 0.473 e. The molecule has 7 heteroatoms. The van der Waals surface area contributed by atoms with Crippen molar-refractivity contribution in [3.8, 4) is 5.88 Å². The van der Waals surface area contributed by atoms with Crippen molar-refractivity contribution in [1.29, 1.82) is 0 Å². The molecule has 0 N–H and O–H groups in total. The summed E-state index contributed by atoms with van der Waals surface area (Å²) in [5, 5.41) is 3.66. The molecule has 1 amide bonds. The van der Waals surface area contributed by atoms with Gasteiger partial charge in [-0.2, -0.15) is 0 Å². The minimum atomic E-state index is -0.361. The molecule has 0 unspecified atom stereocenters. The van der Waals surface area contributed by atoms with Gasteiger partial charge in [0, 0.05) is 15.3 Å². The Bertz CT molecular complexity index is 585. The first-order valence-electron chi connectivity index (χ1n) is 5.99. The molecule has 20 heavy (non-hydrogen) atoms. The molecule has 1 aliphatic heterocycles. The van der Waals surface area contributed by atoms with E-state index in [1.807, 2.05) is 24.3 Å². The lowest BCUT2D eigenvalue weighted by atomic mass is 10.2. The molecule has 0 radical (unpaired) electrons. The number of amides is 1. The van der Waals surface area contributed by atoms with E-state index in [0.29, 0.717) is 19.1 Å². The van der Waals surface area contributed by atoms with Gasteiger partial charge in [0.15, 0.2) is 0 Å². The normalized spacial score (nSPS) is 18.1. The zero-order valence-corrected chi connectivity index (χ0v) is 12.5. The Hall–Kier alpha value is -1.77.